The van der Waals surface area contributed by atoms with Crippen molar-refractivity contribution < 1.29 is 19.0 Å². The van der Waals surface area contributed by atoms with Crippen LogP contribution in [0.25, 0.3) is 11.1 Å². The van der Waals surface area contributed by atoms with Gasteiger partial charge in [-0.25, -0.2) is 0 Å². The lowest BCUT2D eigenvalue weighted by Gasteiger charge is -2.17. The highest BCUT2D eigenvalue weighted by Gasteiger charge is 2.51. The average molecular weight is 475 g/mol. The van der Waals surface area contributed by atoms with E-state index in [-0.39, 0.29) is 19.3 Å². The van der Waals surface area contributed by atoms with Gasteiger partial charge in [-0.1, -0.05) is 30.3 Å². The molecule has 3 aromatic rings. The molecule has 0 spiro atoms. The number of carbonyl (C=O) groups excluding carboxylic acids is 1. The van der Waals surface area contributed by atoms with Gasteiger partial charge < -0.3 is 19.5 Å². The summed E-state index contributed by atoms with van der Waals surface area (Å²) >= 11 is 1.56. The predicted octanol–water partition coefficient (Wildman–Crippen LogP) is 5.08. The molecule has 2 N–H and O–H groups in total. The Morgan fingerprint density at radius 3 is 2.62 bits per heavy atom. The van der Waals surface area contributed by atoms with Crippen molar-refractivity contribution in [3.63, 3.8) is 0 Å². The molecule has 34 heavy (non-hydrogen) atoms. The summed E-state index contributed by atoms with van der Waals surface area (Å²) in [5.74, 6) is 1.45. The van der Waals surface area contributed by atoms with Crippen LogP contribution in [0.5, 0.6) is 11.5 Å². The lowest BCUT2D eigenvalue weighted by molar-refractivity contribution is -0.118. The minimum atomic E-state index is -0.502. The molecule has 1 fully saturated rings. The van der Waals surface area contributed by atoms with Gasteiger partial charge in [0.25, 0.3) is 0 Å². The van der Waals surface area contributed by atoms with Crippen molar-refractivity contribution >= 4 is 23.5 Å². The maximum absolute atomic E-state index is 13.2. The van der Waals surface area contributed by atoms with E-state index in [0.717, 1.165) is 52.4 Å². The van der Waals surface area contributed by atoms with E-state index in [9.17, 15) is 4.79 Å². The molecule has 174 valence electrons. The van der Waals surface area contributed by atoms with E-state index < -0.39 is 5.41 Å². The molecule has 0 aromatic heterocycles. The van der Waals surface area contributed by atoms with Crippen LogP contribution in [0.3, 0.4) is 0 Å². The van der Waals surface area contributed by atoms with Crippen LogP contribution in [0, 0.1) is 6.92 Å². The van der Waals surface area contributed by atoms with Crippen molar-refractivity contribution in [1.82, 2.24) is 4.72 Å². The standard InChI is InChI=1S/C27H26N2O4S/c1-2-31-15-14-28-34-23-9-6-19(7-10-23)20-4-3-5-22(16-20)29-26(30)27(12-13-27)21-8-11-24-25(17-21)33-18-32-24/h1,3-11,16-17,28H,2,12-15,18H2,(H,29,30). The molecule has 2 aliphatic rings. The van der Waals surface area contributed by atoms with Gasteiger partial charge in [0.05, 0.1) is 18.6 Å². The summed E-state index contributed by atoms with van der Waals surface area (Å²) in [6.07, 6.45) is 1.65. The Morgan fingerprint density at radius 1 is 1.00 bits per heavy atom. The van der Waals surface area contributed by atoms with Crippen LogP contribution in [-0.2, 0) is 14.9 Å². The zero-order chi connectivity index (χ0) is 23.4. The van der Waals surface area contributed by atoms with Gasteiger partial charge in [0, 0.05) is 17.1 Å². The highest BCUT2D eigenvalue weighted by Crippen LogP contribution is 2.51. The normalized spacial score (nSPS) is 15.2. The molecule has 1 aliphatic heterocycles. The molecule has 6 nitrogen and oxygen atoms in total. The molecule has 2 radical (unpaired) electrons. The number of hydrogen-bond acceptors (Lipinski definition) is 6. The smallest absolute Gasteiger partial charge is 0.235 e. The van der Waals surface area contributed by atoms with Crippen LogP contribution in [0.1, 0.15) is 18.4 Å². The second kappa shape index (κ2) is 10.1. The largest absolute Gasteiger partial charge is 0.454 e. The van der Waals surface area contributed by atoms with E-state index in [1.807, 2.05) is 42.5 Å². The van der Waals surface area contributed by atoms with E-state index >= 15 is 0 Å². The van der Waals surface area contributed by atoms with Gasteiger partial charge in [0.1, 0.15) is 0 Å². The quantitative estimate of drug-likeness (QED) is 0.316. The molecule has 5 rings (SSSR count). The summed E-state index contributed by atoms with van der Waals surface area (Å²) in [5.41, 5.74) is 3.39. The van der Waals surface area contributed by atoms with E-state index in [2.05, 4.69) is 34.3 Å². The third kappa shape index (κ3) is 4.92. The summed E-state index contributed by atoms with van der Waals surface area (Å²) in [4.78, 5) is 14.4. The number of benzene rings is 3. The number of ether oxygens (including phenoxy) is 3. The molecule has 0 saturated heterocycles. The molecule has 1 amide bonds. The molecule has 0 bridgehead atoms. The predicted molar refractivity (Wildman–Crippen MR) is 133 cm³/mol. The Hall–Kier alpha value is -3.00. The van der Waals surface area contributed by atoms with Crippen LogP contribution in [0.2, 0.25) is 0 Å². The fraction of sp³-hybridized carbons (Fsp3) is 0.259. The first-order valence-electron chi connectivity index (χ1n) is 11.3. The van der Waals surface area contributed by atoms with Crippen molar-refractivity contribution in [2.24, 2.45) is 0 Å². The monoisotopic (exact) mass is 474 g/mol. The number of nitrogens with one attached hydrogen (secondary N) is 2. The first-order chi connectivity index (χ1) is 16.7. The minimum Gasteiger partial charge on any atom is -0.454 e. The first kappa shape index (κ1) is 22.8. The van der Waals surface area contributed by atoms with Crippen molar-refractivity contribution in [1.29, 1.82) is 0 Å². The van der Waals surface area contributed by atoms with Crippen LogP contribution in [-0.4, -0.2) is 32.5 Å². The fourth-order valence-electron chi connectivity index (χ4n) is 4.04. The van der Waals surface area contributed by atoms with Crippen molar-refractivity contribution in [3.05, 3.63) is 79.2 Å². The Balaban J connectivity index is 1.23. The number of rotatable bonds is 10. The summed E-state index contributed by atoms with van der Waals surface area (Å²) in [6, 6.07) is 22.0. The Kier molecular flexibility index (Phi) is 6.76. The van der Waals surface area contributed by atoms with E-state index in [4.69, 9.17) is 21.1 Å². The highest BCUT2D eigenvalue weighted by molar-refractivity contribution is 7.97. The van der Waals surface area contributed by atoms with Gasteiger partial charge in [-0.05, 0) is 84.8 Å². The van der Waals surface area contributed by atoms with Gasteiger partial charge in [-0.15, -0.1) is 0 Å². The maximum Gasteiger partial charge on any atom is 0.235 e. The highest BCUT2D eigenvalue weighted by atomic mass is 32.2. The first-order valence-corrected chi connectivity index (χ1v) is 12.1. The van der Waals surface area contributed by atoms with Gasteiger partial charge in [-0.3, -0.25) is 9.52 Å². The number of anilines is 1. The molecule has 0 unspecified atom stereocenters. The third-order valence-electron chi connectivity index (χ3n) is 6.07. The fourth-order valence-corrected chi connectivity index (χ4v) is 4.66. The molecule has 7 heteroatoms. The van der Waals surface area contributed by atoms with Gasteiger partial charge in [0.15, 0.2) is 11.5 Å². The van der Waals surface area contributed by atoms with Crippen molar-refractivity contribution in [3.8, 4) is 22.6 Å². The summed E-state index contributed by atoms with van der Waals surface area (Å²) in [7, 11) is 0. The van der Waals surface area contributed by atoms with Gasteiger partial charge in [-0.2, -0.15) is 0 Å². The number of amides is 1. The molecular weight excluding hydrogens is 448 g/mol. The van der Waals surface area contributed by atoms with Crippen molar-refractivity contribution in [2.75, 3.05) is 31.9 Å². The summed E-state index contributed by atoms with van der Waals surface area (Å²) < 4.78 is 19.3. The third-order valence-corrected chi connectivity index (χ3v) is 6.93. The number of hydrogen-bond donors (Lipinski definition) is 2. The van der Waals surface area contributed by atoms with E-state index in [0.29, 0.717) is 12.4 Å². The summed E-state index contributed by atoms with van der Waals surface area (Å²) in [6.45, 7) is 7.07. The molecule has 1 aliphatic carbocycles. The molecule has 1 heterocycles. The summed E-state index contributed by atoms with van der Waals surface area (Å²) in [5, 5.41) is 3.13. The lowest BCUT2D eigenvalue weighted by atomic mass is 9.94. The van der Waals surface area contributed by atoms with E-state index in [1.54, 1.807) is 11.9 Å². The molecule has 3 aromatic carbocycles. The Bertz CT molecular complexity index is 1160. The van der Waals surface area contributed by atoms with Crippen molar-refractivity contribution in [2.45, 2.75) is 23.2 Å². The van der Waals surface area contributed by atoms with Crippen LogP contribution < -0.4 is 19.5 Å². The Morgan fingerprint density at radius 2 is 1.82 bits per heavy atom. The molecular formula is C27H26N2O4S. The molecule has 1 saturated carbocycles. The van der Waals surface area contributed by atoms with E-state index in [1.165, 1.54) is 0 Å². The van der Waals surface area contributed by atoms with Crippen LogP contribution >= 0.6 is 11.9 Å². The second-order valence-electron chi connectivity index (χ2n) is 8.28. The molecule has 0 atom stereocenters. The second-order valence-corrected chi connectivity index (χ2v) is 9.24. The number of fused-ring (bicyclic) bond motifs is 1. The van der Waals surface area contributed by atoms with Gasteiger partial charge >= 0.3 is 0 Å². The van der Waals surface area contributed by atoms with Crippen LogP contribution in [0.15, 0.2) is 71.6 Å². The average Bonchev–Trinajstić information content (AvgIpc) is 3.55. The number of carbonyl (C=O) groups is 1. The zero-order valence-electron chi connectivity index (χ0n) is 18.7. The van der Waals surface area contributed by atoms with Crippen LogP contribution in [0.4, 0.5) is 5.69 Å². The lowest BCUT2D eigenvalue weighted by Crippen LogP contribution is -2.27. The SMILES string of the molecule is [CH]COCCNSc1ccc(-c2cccc(NC(=O)C3(c4ccc5c(c4)OCO5)CC3)c2)cc1. The maximum atomic E-state index is 13.2. The minimum absolute atomic E-state index is 0.0138. The van der Waals surface area contributed by atoms with Gasteiger partial charge in [0.2, 0.25) is 12.7 Å². The topological polar surface area (TPSA) is 68.8 Å². The Labute approximate surface area is 204 Å². The zero-order valence-corrected chi connectivity index (χ0v) is 19.5.